The second-order valence-electron chi connectivity index (χ2n) is 19.7. The number of carbonyl (C=O) groups excluding carboxylic acids is 3. The third kappa shape index (κ3) is 7.61. The first kappa shape index (κ1) is 37.5. The number of hydrogen-bond donors (Lipinski definition) is 0. The molecule has 3 heteroatoms. The Bertz CT molecular complexity index is 1460. The van der Waals surface area contributed by atoms with Crippen molar-refractivity contribution in [3.05, 3.63) is 86.5 Å². The Morgan fingerprint density at radius 3 is 1.28 bits per heavy atom. The van der Waals surface area contributed by atoms with Gasteiger partial charge in [-0.3, -0.25) is 14.4 Å². The van der Waals surface area contributed by atoms with Crippen LogP contribution in [0.2, 0.25) is 0 Å². The monoisotopic (exact) mass is 625 g/mol. The molecule has 3 aliphatic rings. The van der Waals surface area contributed by atoms with E-state index < -0.39 is 10.8 Å². The summed E-state index contributed by atoms with van der Waals surface area (Å²) in [6.45, 7) is 38.7. The summed E-state index contributed by atoms with van der Waals surface area (Å²) in [6.07, 6.45) is 10.0. The second-order valence-corrected chi connectivity index (χ2v) is 19.7. The molecule has 0 heterocycles. The lowest BCUT2D eigenvalue weighted by Gasteiger charge is -2.39. The summed E-state index contributed by atoms with van der Waals surface area (Å²) >= 11 is 0. The zero-order chi connectivity index (χ0) is 35.7. The molecule has 0 amide bonds. The normalized spacial score (nSPS) is 19.6. The van der Waals surface area contributed by atoms with Gasteiger partial charge in [0.25, 0.3) is 5.78 Å². The fraction of sp³-hybridized carbons (Fsp3) is 0.581. The Hall–Kier alpha value is -2.94. The molecule has 0 spiro atoms. The molecule has 0 unspecified atom stereocenters. The Morgan fingerprint density at radius 1 is 0.500 bits per heavy atom. The highest BCUT2D eigenvalue weighted by atomic mass is 16.1. The van der Waals surface area contributed by atoms with E-state index in [-0.39, 0.29) is 39.0 Å². The van der Waals surface area contributed by atoms with Gasteiger partial charge < -0.3 is 0 Å². The van der Waals surface area contributed by atoms with Crippen molar-refractivity contribution in [1.29, 1.82) is 0 Å². The van der Waals surface area contributed by atoms with Crippen LogP contribution >= 0.6 is 0 Å². The molecule has 0 aromatic carbocycles. The van der Waals surface area contributed by atoms with Crippen LogP contribution in [-0.4, -0.2) is 17.3 Å². The number of carbonyl (C=O) groups is 3. The standard InChI is InChI=1S/C43H61O3/c1-38(2,3)28-21-26(44)22-29(39(4,5)6)35(28)34(25-19-32(42(13,14)15)37(46)33(20-25)43(16,17)18)36-30(40(7,8)9)23-27(45)24-31(36)41(10,11)12/h19-23H,24H2,1-18H3/q+1. The molecule has 0 saturated heterocycles. The van der Waals surface area contributed by atoms with Crippen LogP contribution in [0.4, 0.5) is 0 Å². The first-order chi connectivity index (χ1) is 20.4. The van der Waals surface area contributed by atoms with Gasteiger partial charge in [0.05, 0.1) is 34.8 Å². The predicted octanol–water partition coefficient (Wildman–Crippen LogP) is 11.2. The van der Waals surface area contributed by atoms with Crippen molar-refractivity contribution in [2.24, 2.45) is 32.5 Å². The highest BCUT2D eigenvalue weighted by Gasteiger charge is 2.47. The van der Waals surface area contributed by atoms with Gasteiger partial charge in [-0.15, -0.1) is 0 Å². The molecule has 0 saturated carbocycles. The lowest BCUT2D eigenvalue weighted by molar-refractivity contribution is -0.115. The number of Topliss-reactive ketones (excluding diaryl/α,β-unsaturated/α-hetero) is 1. The van der Waals surface area contributed by atoms with E-state index in [0.717, 1.165) is 55.7 Å². The van der Waals surface area contributed by atoms with E-state index in [0.29, 0.717) is 6.42 Å². The second kappa shape index (κ2) is 11.6. The Labute approximate surface area is 281 Å². The van der Waals surface area contributed by atoms with Crippen molar-refractivity contribution in [2.45, 2.75) is 131 Å². The lowest BCUT2D eigenvalue weighted by atomic mass is 9.61. The minimum atomic E-state index is -0.400. The van der Waals surface area contributed by atoms with Crippen LogP contribution in [0, 0.1) is 38.9 Å². The molecular weight excluding hydrogens is 564 g/mol. The molecule has 250 valence electrons. The smallest absolute Gasteiger partial charge is 0.285 e. The van der Waals surface area contributed by atoms with Crippen LogP contribution in [0.1, 0.15) is 131 Å². The summed E-state index contributed by atoms with van der Waals surface area (Å²) in [4.78, 5) is 41.2. The predicted molar refractivity (Wildman–Crippen MR) is 194 cm³/mol. The summed E-state index contributed by atoms with van der Waals surface area (Å²) in [5.74, 6) is 0.190. The largest absolute Gasteiger partial charge is 0.294 e. The van der Waals surface area contributed by atoms with Gasteiger partial charge in [-0.2, -0.15) is 0 Å². The van der Waals surface area contributed by atoms with Crippen molar-refractivity contribution < 1.29 is 14.4 Å². The van der Waals surface area contributed by atoms with Crippen LogP contribution in [0.25, 0.3) is 0 Å². The van der Waals surface area contributed by atoms with E-state index in [2.05, 4.69) is 137 Å². The van der Waals surface area contributed by atoms with Gasteiger partial charge in [0.1, 0.15) is 0 Å². The van der Waals surface area contributed by atoms with Gasteiger partial charge in [-0.25, -0.2) is 0 Å². The van der Waals surface area contributed by atoms with Crippen LogP contribution in [0.3, 0.4) is 0 Å². The average molecular weight is 626 g/mol. The van der Waals surface area contributed by atoms with Gasteiger partial charge in [-0.05, 0) is 56.6 Å². The van der Waals surface area contributed by atoms with Crippen LogP contribution in [-0.2, 0) is 14.4 Å². The van der Waals surface area contributed by atoms with Crippen LogP contribution < -0.4 is 0 Å². The number of allylic oxidation sites excluding steroid dienone is 14. The molecule has 0 aromatic rings. The highest BCUT2D eigenvalue weighted by Crippen LogP contribution is 2.54. The number of ketones is 3. The molecule has 0 N–H and O–H groups in total. The van der Waals surface area contributed by atoms with Crippen molar-refractivity contribution in [2.75, 3.05) is 0 Å². The van der Waals surface area contributed by atoms with Crippen LogP contribution in [0.5, 0.6) is 0 Å². The fourth-order valence-electron chi connectivity index (χ4n) is 6.60. The van der Waals surface area contributed by atoms with E-state index in [1.165, 1.54) is 0 Å². The molecule has 0 aliphatic heterocycles. The number of rotatable bonds is 2. The molecule has 0 fully saturated rings. The average Bonchev–Trinajstić information content (AvgIpc) is 2.81. The lowest BCUT2D eigenvalue weighted by Crippen LogP contribution is -2.31. The topological polar surface area (TPSA) is 51.2 Å². The van der Waals surface area contributed by atoms with E-state index in [4.69, 9.17) is 0 Å². The zero-order valence-corrected chi connectivity index (χ0v) is 32.3. The van der Waals surface area contributed by atoms with Crippen LogP contribution in [0.15, 0.2) is 80.0 Å². The first-order valence-electron chi connectivity index (χ1n) is 17.0. The SMILES string of the molecule is CC(C)(C)C1=CC(=C(C2=C(C(C)(C)C)[CH+]C(=O)C=C2C(C)(C)C)C2=C(C(C)(C)C)CC(=O)C=C2C(C)(C)C)C=C(C(C)(C)C)C1=O. The molecule has 3 aliphatic carbocycles. The third-order valence-corrected chi connectivity index (χ3v) is 9.16. The van der Waals surface area contributed by atoms with E-state index in [1.54, 1.807) is 0 Å². The summed E-state index contributed by atoms with van der Waals surface area (Å²) in [5.41, 5.74) is 7.49. The highest BCUT2D eigenvalue weighted by molar-refractivity contribution is 6.12. The maximum absolute atomic E-state index is 14.2. The van der Waals surface area contributed by atoms with Gasteiger partial charge >= 0.3 is 0 Å². The molecule has 0 radical (unpaired) electrons. The molecular formula is C43H61O3+. The molecule has 0 atom stereocenters. The van der Waals surface area contributed by atoms with Gasteiger partial charge in [-0.1, -0.05) is 125 Å². The van der Waals surface area contributed by atoms with Crippen molar-refractivity contribution in [1.82, 2.24) is 0 Å². The summed E-state index contributed by atoms with van der Waals surface area (Å²) in [6, 6.07) is 0. The van der Waals surface area contributed by atoms with Gasteiger partial charge in [0.15, 0.2) is 11.6 Å². The van der Waals surface area contributed by atoms with E-state index in [1.807, 2.05) is 18.6 Å². The van der Waals surface area contributed by atoms with Gasteiger partial charge in [0.2, 0.25) is 0 Å². The molecule has 3 nitrogen and oxygen atoms in total. The summed E-state index contributed by atoms with van der Waals surface area (Å²) < 4.78 is 0. The quantitative estimate of drug-likeness (QED) is 0.287. The first-order valence-corrected chi connectivity index (χ1v) is 17.0. The van der Waals surface area contributed by atoms with Crippen molar-refractivity contribution >= 4 is 17.3 Å². The third-order valence-electron chi connectivity index (χ3n) is 9.16. The Kier molecular flexibility index (Phi) is 9.49. The maximum Gasteiger partial charge on any atom is 0.285 e. The van der Waals surface area contributed by atoms with Crippen molar-refractivity contribution in [3.8, 4) is 0 Å². The zero-order valence-electron chi connectivity index (χ0n) is 32.3. The summed E-state index contributed by atoms with van der Waals surface area (Å²) in [7, 11) is 0. The molecule has 0 bridgehead atoms. The van der Waals surface area contributed by atoms with E-state index >= 15 is 0 Å². The van der Waals surface area contributed by atoms with E-state index in [9.17, 15) is 14.4 Å². The van der Waals surface area contributed by atoms with Crippen molar-refractivity contribution in [3.63, 3.8) is 0 Å². The fourth-order valence-corrected chi connectivity index (χ4v) is 6.60. The minimum Gasteiger partial charge on any atom is -0.294 e. The summed E-state index contributed by atoms with van der Waals surface area (Å²) in [5, 5.41) is 0. The Balaban J connectivity index is 2.89. The minimum absolute atomic E-state index is 0.00551. The maximum atomic E-state index is 14.2. The molecule has 0 aromatic heterocycles. The van der Waals surface area contributed by atoms with Gasteiger partial charge in [0, 0.05) is 34.0 Å². The molecule has 46 heavy (non-hydrogen) atoms. The number of hydrogen-bond acceptors (Lipinski definition) is 3. The molecule has 3 rings (SSSR count). The Morgan fingerprint density at radius 2 is 0.913 bits per heavy atom.